The lowest BCUT2D eigenvalue weighted by atomic mass is 10.1. The number of carbonyl (C=O) groups is 3. The lowest BCUT2D eigenvalue weighted by Gasteiger charge is -2.15. The van der Waals surface area contributed by atoms with E-state index < -0.39 is 30.2 Å². The van der Waals surface area contributed by atoms with Crippen LogP contribution >= 0.6 is 15.9 Å². The number of rotatable bonds is 9. The molecule has 4 aromatic carbocycles. The number of imide groups is 1. The molecule has 1 aliphatic rings. The molecule has 0 unspecified atom stereocenters. The van der Waals surface area contributed by atoms with E-state index in [4.69, 9.17) is 9.47 Å². The number of nitrogens with one attached hydrogen (secondary N) is 2. The summed E-state index contributed by atoms with van der Waals surface area (Å²) in [7, 11) is 0. The van der Waals surface area contributed by atoms with E-state index in [1.807, 2.05) is 43.3 Å². The van der Waals surface area contributed by atoms with Gasteiger partial charge in [-0.3, -0.25) is 9.59 Å². The van der Waals surface area contributed by atoms with Crippen LogP contribution in [0.2, 0.25) is 0 Å². The Hall–Kier alpha value is -4.70. The highest BCUT2D eigenvalue weighted by molar-refractivity contribution is 9.10. The van der Waals surface area contributed by atoms with Gasteiger partial charge in [0.1, 0.15) is 24.7 Å². The van der Waals surface area contributed by atoms with Crippen LogP contribution in [0.1, 0.15) is 18.1 Å². The molecule has 2 N–H and O–H groups in total. The van der Waals surface area contributed by atoms with Crippen LogP contribution in [-0.2, 0) is 16.2 Å². The summed E-state index contributed by atoms with van der Waals surface area (Å²) in [6.45, 7) is 1.95. The molecule has 1 fully saturated rings. The van der Waals surface area contributed by atoms with Crippen LogP contribution < -0.4 is 20.1 Å². The van der Waals surface area contributed by atoms with Crippen LogP contribution in [0.3, 0.4) is 0 Å². The Balaban J connectivity index is 1.31. The highest BCUT2D eigenvalue weighted by Gasteiger charge is 2.35. The van der Waals surface area contributed by atoms with Crippen LogP contribution in [0, 0.1) is 5.82 Å². The van der Waals surface area contributed by atoms with E-state index in [0.29, 0.717) is 34.7 Å². The largest absolute Gasteiger partial charge is 0.490 e. The van der Waals surface area contributed by atoms with Gasteiger partial charge in [0, 0.05) is 0 Å². The molecule has 1 aliphatic heterocycles. The maximum atomic E-state index is 13.9. The van der Waals surface area contributed by atoms with Crippen molar-refractivity contribution in [2.75, 3.05) is 18.5 Å². The van der Waals surface area contributed by atoms with Crippen molar-refractivity contribution in [1.29, 1.82) is 0 Å². The number of carbonyl (C=O) groups excluding carboxylic acids is 3. The second kappa shape index (κ2) is 12.2. The van der Waals surface area contributed by atoms with E-state index >= 15 is 0 Å². The molecule has 8 nitrogen and oxygen atoms in total. The topological polar surface area (TPSA) is 97.0 Å². The molecular formula is C31H25BrFN3O5. The molecule has 0 bridgehead atoms. The number of anilines is 1. The van der Waals surface area contributed by atoms with Gasteiger partial charge in [0.05, 0.1) is 16.8 Å². The van der Waals surface area contributed by atoms with E-state index in [2.05, 4.69) is 32.6 Å². The fourth-order valence-corrected chi connectivity index (χ4v) is 4.91. The lowest BCUT2D eigenvalue weighted by Crippen LogP contribution is -2.38. The number of para-hydroxylation sites is 1. The first-order valence-electron chi connectivity index (χ1n) is 12.8. The van der Waals surface area contributed by atoms with Crippen LogP contribution in [0.25, 0.3) is 16.8 Å². The number of urea groups is 1. The summed E-state index contributed by atoms with van der Waals surface area (Å²) in [6.07, 6.45) is 1.48. The van der Waals surface area contributed by atoms with E-state index in [9.17, 15) is 18.8 Å². The van der Waals surface area contributed by atoms with E-state index in [1.165, 1.54) is 24.3 Å². The molecule has 41 heavy (non-hydrogen) atoms. The Kier molecular flexibility index (Phi) is 8.30. The Morgan fingerprint density at radius 2 is 1.76 bits per heavy atom. The Labute approximate surface area is 243 Å². The average molecular weight is 618 g/mol. The second-order valence-electron chi connectivity index (χ2n) is 9.14. The number of amides is 4. The molecule has 0 saturated carbocycles. The van der Waals surface area contributed by atoms with E-state index in [0.717, 1.165) is 21.2 Å². The van der Waals surface area contributed by atoms with Gasteiger partial charge in [-0.1, -0.05) is 48.5 Å². The third-order valence-corrected chi connectivity index (χ3v) is 6.84. The molecule has 0 spiro atoms. The third-order valence-electron chi connectivity index (χ3n) is 6.25. The molecular weight excluding hydrogens is 593 g/mol. The quantitative estimate of drug-likeness (QED) is 0.171. The minimum Gasteiger partial charge on any atom is -0.490 e. The van der Waals surface area contributed by atoms with Gasteiger partial charge in [-0.2, -0.15) is 0 Å². The predicted molar refractivity (Wildman–Crippen MR) is 157 cm³/mol. The summed E-state index contributed by atoms with van der Waals surface area (Å²) in [5, 5.41) is 7.11. The summed E-state index contributed by atoms with van der Waals surface area (Å²) in [5.41, 5.74) is 1.48. The van der Waals surface area contributed by atoms with Crippen molar-refractivity contribution < 1.29 is 28.2 Å². The first kappa shape index (κ1) is 27.9. The van der Waals surface area contributed by atoms with Crippen molar-refractivity contribution in [2.24, 2.45) is 0 Å². The number of hydrogen-bond donors (Lipinski definition) is 2. The maximum absolute atomic E-state index is 13.9. The normalized spacial score (nSPS) is 13.9. The molecule has 1 heterocycles. The van der Waals surface area contributed by atoms with Crippen LogP contribution in [-0.4, -0.2) is 35.9 Å². The summed E-state index contributed by atoms with van der Waals surface area (Å²) in [6, 6.07) is 22.5. The highest BCUT2D eigenvalue weighted by atomic mass is 79.9. The Bertz CT molecular complexity index is 1690. The number of hydrogen-bond acceptors (Lipinski definition) is 5. The van der Waals surface area contributed by atoms with Crippen molar-refractivity contribution in [2.45, 2.75) is 13.5 Å². The Morgan fingerprint density at radius 3 is 2.54 bits per heavy atom. The summed E-state index contributed by atoms with van der Waals surface area (Å²) >= 11 is 3.54. The Morgan fingerprint density at radius 1 is 1.00 bits per heavy atom. The molecule has 0 aromatic heterocycles. The zero-order valence-electron chi connectivity index (χ0n) is 21.9. The molecule has 5 rings (SSSR count). The van der Waals surface area contributed by atoms with Gasteiger partial charge < -0.3 is 20.1 Å². The maximum Gasteiger partial charge on any atom is 0.329 e. The summed E-state index contributed by atoms with van der Waals surface area (Å²) < 4.78 is 26.4. The molecule has 0 aliphatic carbocycles. The summed E-state index contributed by atoms with van der Waals surface area (Å²) in [5.74, 6) is -1.08. The molecule has 208 valence electrons. The van der Waals surface area contributed by atoms with Crippen molar-refractivity contribution in [3.05, 3.63) is 106 Å². The number of fused-ring (bicyclic) bond motifs is 1. The monoisotopic (exact) mass is 617 g/mol. The van der Waals surface area contributed by atoms with Gasteiger partial charge in [-0.25, -0.2) is 14.1 Å². The van der Waals surface area contributed by atoms with Crippen molar-refractivity contribution in [1.82, 2.24) is 10.2 Å². The minimum absolute atomic E-state index is 0.0205. The second-order valence-corrected chi connectivity index (χ2v) is 10.00. The fraction of sp³-hybridized carbons (Fsp3) is 0.129. The average Bonchev–Trinajstić information content (AvgIpc) is 3.21. The smallest absolute Gasteiger partial charge is 0.329 e. The summed E-state index contributed by atoms with van der Waals surface area (Å²) in [4.78, 5) is 38.6. The van der Waals surface area contributed by atoms with Crippen molar-refractivity contribution in [3.8, 4) is 11.5 Å². The highest BCUT2D eigenvalue weighted by Crippen LogP contribution is 2.38. The third kappa shape index (κ3) is 6.38. The van der Waals surface area contributed by atoms with Crippen LogP contribution in [0.5, 0.6) is 11.5 Å². The fourth-order valence-electron chi connectivity index (χ4n) is 4.34. The predicted octanol–water partition coefficient (Wildman–Crippen LogP) is 6.25. The SMILES string of the molecule is CCOc1cc(/C=C2/NC(=O)N(CC(=O)Nc3ccccc3F)C2=O)cc(Br)c1OCc1ccc2ccccc2c1. The standard InChI is InChI=1S/C31H25BrFN3O5/c1-2-40-27-16-20(14-23(32)29(27)41-18-19-11-12-21-7-3-4-8-22(21)13-19)15-26-30(38)36(31(39)35-26)17-28(37)34-25-10-6-5-9-24(25)33/h3-16H,2,17-18H2,1H3,(H,34,37)(H,35,39)/b26-15+. The van der Waals surface area contributed by atoms with Gasteiger partial charge in [0.2, 0.25) is 5.91 Å². The molecule has 4 amide bonds. The molecule has 0 atom stereocenters. The zero-order chi connectivity index (χ0) is 28.9. The number of ether oxygens (including phenoxy) is 2. The number of halogens is 2. The van der Waals surface area contributed by atoms with Crippen LogP contribution in [0.15, 0.2) is 89.0 Å². The van der Waals surface area contributed by atoms with E-state index in [-0.39, 0.29) is 11.4 Å². The minimum atomic E-state index is -0.760. The van der Waals surface area contributed by atoms with Crippen molar-refractivity contribution in [3.63, 3.8) is 0 Å². The number of nitrogens with zero attached hydrogens (tertiary/aromatic N) is 1. The van der Waals surface area contributed by atoms with Gasteiger partial charge in [-0.05, 0) is 81.2 Å². The molecule has 4 aromatic rings. The molecule has 1 saturated heterocycles. The van der Waals surface area contributed by atoms with E-state index in [1.54, 1.807) is 18.2 Å². The first-order chi connectivity index (χ1) is 19.8. The van der Waals surface area contributed by atoms with Crippen molar-refractivity contribution >= 4 is 56.3 Å². The van der Waals surface area contributed by atoms with Gasteiger partial charge >= 0.3 is 6.03 Å². The lowest BCUT2D eigenvalue weighted by molar-refractivity contribution is -0.127. The van der Waals surface area contributed by atoms with Gasteiger partial charge in [0.15, 0.2) is 11.5 Å². The molecule has 10 heteroatoms. The van der Waals surface area contributed by atoms with Crippen LogP contribution in [0.4, 0.5) is 14.9 Å². The molecule has 0 radical (unpaired) electrons. The zero-order valence-corrected chi connectivity index (χ0v) is 23.5. The van der Waals surface area contributed by atoms with Gasteiger partial charge in [0.25, 0.3) is 5.91 Å². The van der Waals surface area contributed by atoms with Gasteiger partial charge in [-0.15, -0.1) is 0 Å². The first-order valence-corrected chi connectivity index (χ1v) is 13.6. The number of benzene rings is 4.